The highest BCUT2D eigenvalue weighted by atomic mass is 35.5. The normalized spacial score (nSPS) is 11.1. The topological polar surface area (TPSA) is 33.0 Å². The van der Waals surface area contributed by atoms with E-state index in [1.807, 2.05) is 39.0 Å². The third-order valence-electron chi connectivity index (χ3n) is 3.18. The zero-order valence-corrected chi connectivity index (χ0v) is 12.8. The van der Waals surface area contributed by atoms with Crippen LogP contribution >= 0.6 is 11.6 Å². The van der Waals surface area contributed by atoms with Gasteiger partial charge in [0.15, 0.2) is 0 Å². The Hall–Kier alpha value is -1.20. The molecule has 0 atom stereocenters. The van der Waals surface area contributed by atoms with Crippen molar-refractivity contribution in [3.63, 3.8) is 0 Å². The van der Waals surface area contributed by atoms with E-state index in [0.717, 1.165) is 36.1 Å². The molecule has 1 rings (SSSR count). The molecule has 0 saturated heterocycles. The summed E-state index contributed by atoms with van der Waals surface area (Å²) in [5.41, 5.74) is 1.93. The lowest BCUT2D eigenvalue weighted by Crippen LogP contribution is -2.08. The minimum absolute atomic E-state index is 0.232. The van der Waals surface area contributed by atoms with E-state index in [9.17, 15) is 0 Å². The summed E-state index contributed by atoms with van der Waals surface area (Å²) in [7, 11) is 0. The number of aryl methyl sites for hydroxylation is 1. The van der Waals surface area contributed by atoms with Crippen LogP contribution in [0.2, 0.25) is 0 Å². The molecule has 0 aliphatic carbocycles. The molecule has 2 nitrogen and oxygen atoms in total. The van der Waals surface area contributed by atoms with E-state index in [1.54, 1.807) is 0 Å². The van der Waals surface area contributed by atoms with Crippen molar-refractivity contribution in [3.05, 3.63) is 29.3 Å². The van der Waals surface area contributed by atoms with E-state index >= 15 is 0 Å². The molecule has 0 amide bonds. The van der Waals surface area contributed by atoms with Crippen molar-refractivity contribution in [1.82, 2.24) is 0 Å². The van der Waals surface area contributed by atoms with Gasteiger partial charge in [-0.15, -0.1) is 11.6 Å². The van der Waals surface area contributed by atoms with E-state index in [1.165, 1.54) is 0 Å². The van der Waals surface area contributed by atoms with Crippen LogP contribution in [0.1, 0.15) is 44.2 Å². The van der Waals surface area contributed by atoms with E-state index in [-0.39, 0.29) is 5.41 Å². The van der Waals surface area contributed by atoms with Crippen molar-refractivity contribution in [1.29, 1.82) is 5.26 Å². The highest BCUT2D eigenvalue weighted by Crippen LogP contribution is 2.26. The van der Waals surface area contributed by atoms with Crippen molar-refractivity contribution in [2.24, 2.45) is 5.41 Å². The molecule has 0 bridgehead atoms. The summed E-state index contributed by atoms with van der Waals surface area (Å²) in [5.74, 6) is 1.38. The molecular weight excluding hydrogens is 258 g/mol. The van der Waals surface area contributed by atoms with Gasteiger partial charge in [-0.05, 0) is 45.6 Å². The van der Waals surface area contributed by atoms with Gasteiger partial charge in [0.05, 0.1) is 24.0 Å². The average molecular weight is 280 g/mol. The Labute approximate surface area is 121 Å². The lowest BCUT2D eigenvalue weighted by molar-refractivity contribution is 0.291. The largest absolute Gasteiger partial charge is 0.493 e. The highest BCUT2D eigenvalue weighted by Gasteiger charge is 2.15. The molecule has 0 saturated carbocycles. The molecule has 0 heterocycles. The van der Waals surface area contributed by atoms with Gasteiger partial charge in [-0.25, -0.2) is 0 Å². The molecule has 3 heteroatoms. The summed E-state index contributed by atoms with van der Waals surface area (Å²) >= 11 is 5.91. The van der Waals surface area contributed by atoms with Crippen LogP contribution < -0.4 is 4.74 Å². The lowest BCUT2D eigenvalue weighted by Gasteiger charge is -2.15. The Morgan fingerprint density at radius 2 is 2.05 bits per heavy atom. The SMILES string of the molecule is Cc1cccc(CCl)c1OCCCCC(C)(C)C#N. The van der Waals surface area contributed by atoms with Crippen LogP contribution in [0.3, 0.4) is 0 Å². The van der Waals surface area contributed by atoms with Gasteiger partial charge < -0.3 is 4.74 Å². The molecule has 0 spiro atoms. The maximum atomic E-state index is 8.94. The van der Waals surface area contributed by atoms with Gasteiger partial charge in [0.2, 0.25) is 0 Å². The third kappa shape index (κ3) is 5.12. The molecule has 19 heavy (non-hydrogen) atoms. The van der Waals surface area contributed by atoms with Crippen LogP contribution in [0.4, 0.5) is 0 Å². The minimum Gasteiger partial charge on any atom is -0.493 e. The number of hydrogen-bond acceptors (Lipinski definition) is 2. The Kier molecular flexibility index (Phi) is 6.18. The Bertz CT molecular complexity index is 449. The third-order valence-corrected chi connectivity index (χ3v) is 3.47. The van der Waals surface area contributed by atoms with Crippen molar-refractivity contribution < 1.29 is 4.74 Å². The molecular formula is C16H22ClNO. The number of para-hydroxylation sites is 1. The molecule has 0 fully saturated rings. The maximum Gasteiger partial charge on any atom is 0.126 e. The van der Waals surface area contributed by atoms with E-state index in [4.69, 9.17) is 21.6 Å². The van der Waals surface area contributed by atoms with Crippen molar-refractivity contribution >= 4 is 11.6 Å². The highest BCUT2D eigenvalue weighted by molar-refractivity contribution is 6.17. The average Bonchev–Trinajstić information content (AvgIpc) is 2.39. The summed E-state index contributed by atoms with van der Waals surface area (Å²) < 4.78 is 5.84. The van der Waals surface area contributed by atoms with Crippen LogP contribution in [0.15, 0.2) is 18.2 Å². The van der Waals surface area contributed by atoms with Gasteiger partial charge in [0, 0.05) is 5.56 Å². The summed E-state index contributed by atoms with van der Waals surface area (Å²) in [5, 5.41) is 8.94. The molecule has 0 unspecified atom stereocenters. The van der Waals surface area contributed by atoms with Crippen LogP contribution in [0.25, 0.3) is 0 Å². The number of rotatable bonds is 7. The van der Waals surface area contributed by atoms with Crippen LogP contribution in [-0.4, -0.2) is 6.61 Å². The lowest BCUT2D eigenvalue weighted by atomic mass is 9.89. The fraction of sp³-hybridized carbons (Fsp3) is 0.562. The van der Waals surface area contributed by atoms with E-state index in [0.29, 0.717) is 12.5 Å². The fourth-order valence-corrected chi connectivity index (χ4v) is 2.13. The minimum atomic E-state index is -0.232. The molecule has 1 aromatic rings. The number of nitrogens with zero attached hydrogens (tertiary/aromatic N) is 1. The first kappa shape index (κ1) is 15.9. The molecule has 0 radical (unpaired) electrons. The molecule has 0 aliphatic rings. The second kappa shape index (κ2) is 7.40. The van der Waals surface area contributed by atoms with Gasteiger partial charge in [0.25, 0.3) is 0 Å². The molecule has 0 N–H and O–H groups in total. The van der Waals surface area contributed by atoms with Crippen molar-refractivity contribution in [3.8, 4) is 11.8 Å². The van der Waals surface area contributed by atoms with Crippen molar-refractivity contribution in [2.45, 2.75) is 45.9 Å². The Morgan fingerprint density at radius 3 is 2.68 bits per heavy atom. The predicted octanol–water partition coefficient (Wildman–Crippen LogP) is 4.83. The van der Waals surface area contributed by atoms with Gasteiger partial charge >= 0.3 is 0 Å². The standard InChI is InChI=1S/C16H22ClNO/c1-13-7-6-8-14(11-17)15(13)19-10-5-4-9-16(2,3)12-18/h6-8H,4-5,9-11H2,1-3H3. The molecule has 0 aromatic heterocycles. The molecule has 104 valence electrons. The number of nitriles is 1. The summed E-state index contributed by atoms with van der Waals surface area (Å²) in [6, 6.07) is 8.34. The molecule has 0 aliphatic heterocycles. The predicted molar refractivity (Wildman–Crippen MR) is 79.5 cm³/mol. The zero-order valence-electron chi connectivity index (χ0n) is 12.0. The first-order chi connectivity index (χ1) is 9.00. The van der Waals surface area contributed by atoms with Gasteiger partial charge in [-0.1, -0.05) is 18.2 Å². The Balaban J connectivity index is 2.40. The first-order valence-corrected chi connectivity index (χ1v) is 7.22. The second-order valence-corrected chi connectivity index (χ2v) is 5.77. The number of ether oxygens (including phenoxy) is 1. The smallest absolute Gasteiger partial charge is 0.126 e. The number of alkyl halides is 1. The van der Waals surface area contributed by atoms with Gasteiger partial charge in [-0.2, -0.15) is 5.26 Å². The van der Waals surface area contributed by atoms with Crippen LogP contribution in [-0.2, 0) is 5.88 Å². The van der Waals surface area contributed by atoms with Crippen LogP contribution in [0, 0.1) is 23.7 Å². The molecule has 1 aromatic carbocycles. The monoisotopic (exact) mass is 279 g/mol. The van der Waals surface area contributed by atoms with Gasteiger partial charge in [-0.3, -0.25) is 0 Å². The quantitative estimate of drug-likeness (QED) is 0.529. The number of hydrogen-bond donors (Lipinski definition) is 0. The number of benzene rings is 1. The second-order valence-electron chi connectivity index (χ2n) is 5.50. The van der Waals surface area contributed by atoms with E-state index in [2.05, 4.69) is 6.07 Å². The van der Waals surface area contributed by atoms with Crippen molar-refractivity contribution in [2.75, 3.05) is 6.61 Å². The van der Waals surface area contributed by atoms with E-state index < -0.39 is 0 Å². The maximum absolute atomic E-state index is 8.94. The first-order valence-electron chi connectivity index (χ1n) is 6.68. The van der Waals surface area contributed by atoms with Crippen LogP contribution in [0.5, 0.6) is 5.75 Å². The fourth-order valence-electron chi connectivity index (χ4n) is 1.92. The summed E-state index contributed by atoms with van der Waals surface area (Å²) in [4.78, 5) is 0. The summed E-state index contributed by atoms with van der Waals surface area (Å²) in [6.07, 6.45) is 2.87. The van der Waals surface area contributed by atoms with Gasteiger partial charge in [0.1, 0.15) is 5.75 Å². The number of unbranched alkanes of at least 4 members (excludes halogenated alkanes) is 1. The summed E-state index contributed by atoms with van der Waals surface area (Å²) in [6.45, 7) is 6.65. The number of halogens is 1. The zero-order chi connectivity index (χ0) is 14.3. The Morgan fingerprint density at radius 1 is 1.32 bits per heavy atom.